The van der Waals surface area contributed by atoms with E-state index < -0.39 is 17.6 Å². The summed E-state index contributed by atoms with van der Waals surface area (Å²) in [5.74, 6) is -0.367. The molecule has 0 unspecified atom stereocenters. The molecular formula is C25H17ClO4. The molecule has 0 saturated carbocycles. The number of ketones is 1. The quantitative estimate of drug-likeness (QED) is 0.325. The number of hydrogen-bond donors (Lipinski definition) is 0. The van der Waals surface area contributed by atoms with Crippen LogP contribution in [-0.2, 0) is 0 Å². The monoisotopic (exact) mass is 416 g/mol. The Hall–Kier alpha value is -3.37. The molecule has 30 heavy (non-hydrogen) atoms. The lowest BCUT2D eigenvalue weighted by atomic mass is 9.85. The Kier molecular flexibility index (Phi) is 4.44. The first kappa shape index (κ1) is 18.6. The predicted octanol–water partition coefficient (Wildman–Crippen LogP) is 5.53. The van der Waals surface area contributed by atoms with Crippen LogP contribution in [0.25, 0.3) is 11.0 Å². The van der Waals surface area contributed by atoms with Crippen LogP contribution in [0.15, 0.2) is 82.0 Å². The number of halogens is 1. The van der Waals surface area contributed by atoms with Crippen molar-refractivity contribution in [3.05, 3.63) is 110 Å². The number of benzene rings is 3. The van der Waals surface area contributed by atoms with Crippen LogP contribution in [0.3, 0.4) is 0 Å². The minimum atomic E-state index is -0.877. The maximum Gasteiger partial charge on any atom is 0.344 e. The Morgan fingerprint density at radius 1 is 0.933 bits per heavy atom. The summed E-state index contributed by atoms with van der Waals surface area (Å²) < 4.78 is 11.8. The Morgan fingerprint density at radius 2 is 1.63 bits per heavy atom. The highest BCUT2D eigenvalue weighted by Gasteiger charge is 2.44. The Bertz CT molecular complexity index is 1320. The molecule has 0 saturated heterocycles. The van der Waals surface area contributed by atoms with Gasteiger partial charge in [0.1, 0.15) is 11.3 Å². The van der Waals surface area contributed by atoms with Gasteiger partial charge in [0, 0.05) is 10.6 Å². The highest BCUT2D eigenvalue weighted by molar-refractivity contribution is 6.30. The second kappa shape index (κ2) is 7.15. The fraction of sp³-hybridized carbons (Fsp3) is 0.120. The van der Waals surface area contributed by atoms with Gasteiger partial charge in [0.15, 0.2) is 6.10 Å². The normalized spacial score (nSPS) is 17.5. The Morgan fingerprint density at radius 3 is 2.37 bits per heavy atom. The van der Waals surface area contributed by atoms with Gasteiger partial charge in [0.05, 0.1) is 16.9 Å². The molecule has 0 fully saturated rings. The van der Waals surface area contributed by atoms with Gasteiger partial charge in [-0.1, -0.05) is 65.7 Å². The molecule has 4 nitrogen and oxygen atoms in total. The Labute approximate surface area is 177 Å². The second-order valence-corrected chi connectivity index (χ2v) is 7.86. The molecule has 2 atom stereocenters. The molecule has 2 heterocycles. The number of aryl methyl sites for hydroxylation is 1. The summed E-state index contributed by atoms with van der Waals surface area (Å²) in [5, 5.41) is 1.25. The number of rotatable bonds is 3. The smallest absolute Gasteiger partial charge is 0.344 e. The van der Waals surface area contributed by atoms with Crippen LogP contribution in [0, 0.1) is 6.92 Å². The lowest BCUT2D eigenvalue weighted by Gasteiger charge is -2.18. The first-order valence-corrected chi connectivity index (χ1v) is 9.99. The number of carbonyl (C=O) groups is 1. The molecule has 148 valence electrons. The third-order valence-corrected chi connectivity index (χ3v) is 5.73. The molecule has 1 aliphatic rings. The van der Waals surface area contributed by atoms with E-state index in [1.165, 1.54) is 0 Å². The topological polar surface area (TPSA) is 56.5 Å². The molecule has 1 aromatic heterocycles. The van der Waals surface area contributed by atoms with E-state index in [-0.39, 0.29) is 5.78 Å². The Balaban J connectivity index is 1.71. The molecule has 0 aliphatic carbocycles. The van der Waals surface area contributed by atoms with Crippen molar-refractivity contribution in [3.8, 4) is 5.75 Å². The van der Waals surface area contributed by atoms with Crippen LogP contribution in [0.4, 0.5) is 0 Å². The number of carbonyl (C=O) groups excluding carboxylic acids is 1. The van der Waals surface area contributed by atoms with E-state index in [0.29, 0.717) is 32.9 Å². The van der Waals surface area contributed by atoms with Crippen molar-refractivity contribution < 1.29 is 13.9 Å². The van der Waals surface area contributed by atoms with E-state index in [4.69, 9.17) is 20.8 Å². The number of fused-ring (bicyclic) bond motifs is 3. The zero-order valence-electron chi connectivity index (χ0n) is 16.1. The lowest BCUT2D eigenvalue weighted by molar-refractivity contribution is 0.0808. The fourth-order valence-electron chi connectivity index (χ4n) is 3.98. The summed E-state index contributed by atoms with van der Waals surface area (Å²) in [5.41, 5.74) is 2.66. The van der Waals surface area contributed by atoms with Gasteiger partial charge in [-0.2, -0.15) is 0 Å². The molecule has 3 aromatic carbocycles. The maximum absolute atomic E-state index is 13.4. The largest absolute Gasteiger partial charge is 0.480 e. The third-order valence-electron chi connectivity index (χ3n) is 5.48. The van der Waals surface area contributed by atoms with E-state index in [1.54, 1.807) is 36.4 Å². The first-order chi connectivity index (χ1) is 14.5. The average Bonchev–Trinajstić information content (AvgIpc) is 3.16. The van der Waals surface area contributed by atoms with Gasteiger partial charge in [-0.25, -0.2) is 4.79 Å². The van der Waals surface area contributed by atoms with Gasteiger partial charge in [-0.15, -0.1) is 0 Å². The van der Waals surface area contributed by atoms with Gasteiger partial charge in [0.25, 0.3) is 0 Å². The van der Waals surface area contributed by atoms with Gasteiger partial charge in [-0.05, 0) is 36.8 Å². The molecular weight excluding hydrogens is 400 g/mol. The summed E-state index contributed by atoms with van der Waals surface area (Å²) in [6, 6.07) is 21.6. The van der Waals surface area contributed by atoms with Crippen molar-refractivity contribution in [1.29, 1.82) is 0 Å². The van der Waals surface area contributed by atoms with E-state index in [1.807, 2.05) is 43.3 Å². The minimum absolute atomic E-state index is 0.186. The summed E-state index contributed by atoms with van der Waals surface area (Å²) in [6.45, 7) is 1.96. The van der Waals surface area contributed by atoms with E-state index >= 15 is 0 Å². The van der Waals surface area contributed by atoms with E-state index in [0.717, 1.165) is 11.1 Å². The first-order valence-electron chi connectivity index (χ1n) is 9.61. The van der Waals surface area contributed by atoms with Gasteiger partial charge >= 0.3 is 5.63 Å². The summed E-state index contributed by atoms with van der Waals surface area (Å²) >= 11 is 6.06. The van der Waals surface area contributed by atoms with Crippen LogP contribution < -0.4 is 10.4 Å². The van der Waals surface area contributed by atoms with Crippen LogP contribution >= 0.6 is 11.6 Å². The average molecular weight is 417 g/mol. The maximum atomic E-state index is 13.4. The van der Waals surface area contributed by atoms with Crippen LogP contribution in [0.1, 0.15) is 33.0 Å². The van der Waals surface area contributed by atoms with Crippen LogP contribution in [0.5, 0.6) is 5.75 Å². The zero-order valence-corrected chi connectivity index (χ0v) is 16.8. The van der Waals surface area contributed by atoms with Crippen molar-refractivity contribution in [3.63, 3.8) is 0 Å². The number of ether oxygens (including phenoxy) is 1. The van der Waals surface area contributed by atoms with Gasteiger partial charge in [0.2, 0.25) is 5.78 Å². The van der Waals surface area contributed by atoms with E-state index in [2.05, 4.69) is 0 Å². The summed E-state index contributed by atoms with van der Waals surface area (Å²) in [7, 11) is 0. The highest BCUT2D eigenvalue weighted by Crippen LogP contribution is 2.45. The van der Waals surface area contributed by atoms with Crippen molar-refractivity contribution in [2.45, 2.75) is 18.9 Å². The number of hydrogen-bond acceptors (Lipinski definition) is 4. The summed E-state index contributed by atoms with van der Waals surface area (Å²) in [4.78, 5) is 26.4. The molecule has 0 amide bonds. The van der Waals surface area contributed by atoms with Gasteiger partial charge < -0.3 is 9.15 Å². The van der Waals surface area contributed by atoms with Crippen molar-refractivity contribution in [2.75, 3.05) is 0 Å². The standard InChI is InChI=1S/C25H17ClO4/c1-14-6-8-16(9-7-14)22(27)24-20(15-10-12-17(26)13-11-15)21-23(30-24)18-4-2-3-5-19(18)29-25(21)28/h2-13,20,24H,1H3/t20-,24-/m0/s1. The molecule has 5 heteroatoms. The molecule has 0 spiro atoms. The lowest BCUT2D eigenvalue weighted by Crippen LogP contribution is -2.31. The molecule has 0 radical (unpaired) electrons. The van der Waals surface area contributed by atoms with E-state index in [9.17, 15) is 9.59 Å². The fourth-order valence-corrected chi connectivity index (χ4v) is 4.10. The van der Waals surface area contributed by atoms with Crippen molar-refractivity contribution in [1.82, 2.24) is 0 Å². The van der Waals surface area contributed by atoms with Crippen molar-refractivity contribution >= 4 is 28.4 Å². The van der Waals surface area contributed by atoms with Crippen LogP contribution in [-0.4, -0.2) is 11.9 Å². The SMILES string of the molecule is Cc1ccc(C(=O)[C@H]2Oc3c(c(=O)oc4ccccc34)[C@@H]2c2ccc(Cl)cc2)cc1. The predicted molar refractivity (Wildman–Crippen MR) is 116 cm³/mol. The second-order valence-electron chi connectivity index (χ2n) is 7.43. The molecule has 1 aliphatic heterocycles. The molecule has 4 aromatic rings. The van der Waals surface area contributed by atoms with Crippen molar-refractivity contribution in [2.24, 2.45) is 0 Å². The van der Waals surface area contributed by atoms with Gasteiger partial charge in [-0.3, -0.25) is 4.79 Å². The minimum Gasteiger partial charge on any atom is -0.480 e. The number of para-hydroxylation sites is 1. The molecule has 0 bridgehead atoms. The summed E-state index contributed by atoms with van der Waals surface area (Å²) in [6.07, 6.45) is -0.877. The highest BCUT2D eigenvalue weighted by atomic mass is 35.5. The number of Topliss-reactive ketones (excluding diaryl/α,β-unsaturated/α-hetero) is 1. The molecule has 0 N–H and O–H groups in total. The van der Waals surface area contributed by atoms with Crippen LogP contribution in [0.2, 0.25) is 5.02 Å². The third kappa shape index (κ3) is 3.01. The molecule has 5 rings (SSSR count). The zero-order chi connectivity index (χ0) is 20.8.